The van der Waals surface area contributed by atoms with Crippen molar-refractivity contribution in [1.29, 1.82) is 0 Å². The number of rotatable bonds is 2. The fourth-order valence-corrected chi connectivity index (χ4v) is 2.44. The SMILES string of the molecule is CS/C(=N\C(=O)OC(C)(C)C)N(Cc1ccc(N)cc1)C(=O)OC(C)(C)C. The highest BCUT2D eigenvalue weighted by molar-refractivity contribution is 8.13. The van der Waals surface area contributed by atoms with E-state index in [1.54, 1.807) is 72.1 Å². The molecule has 0 aromatic heterocycles. The van der Waals surface area contributed by atoms with Crippen LogP contribution >= 0.6 is 11.8 Å². The van der Waals surface area contributed by atoms with Gasteiger partial charge in [0.2, 0.25) is 0 Å². The molecule has 0 aliphatic carbocycles. The highest BCUT2D eigenvalue weighted by atomic mass is 32.2. The van der Waals surface area contributed by atoms with Crippen LogP contribution in [0.5, 0.6) is 0 Å². The molecule has 0 spiro atoms. The van der Waals surface area contributed by atoms with Crippen LogP contribution in [0.15, 0.2) is 29.3 Å². The van der Waals surface area contributed by atoms with Gasteiger partial charge in [-0.15, -0.1) is 0 Å². The third-order valence-electron chi connectivity index (χ3n) is 2.93. The molecule has 2 N–H and O–H groups in total. The molecule has 0 saturated carbocycles. The van der Waals surface area contributed by atoms with Crippen LogP contribution in [0.25, 0.3) is 0 Å². The molecule has 0 bridgehead atoms. The molecular formula is C19H29N3O4S. The lowest BCUT2D eigenvalue weighted by Gasteiger charge is -2.27. The molecule has 27 heavy (non-hydrogen) atoms. The van der Waals surface area contributed by atoms with Crippen LogP contribution in [-0.4, -0.2) is 39.7 Å². The second kappa shape index (κ2) is 9.12. The minimum absolute atomic E-state index is 0.178. The molecular weight excluding hydrogens is 366 g/mol. The third-order valence-corrected chi connectivity index (χ3v) is 3.61. The van der Waals surface area contributed by atoms with Crippen molar-refractivity contribution in [2.45, 2.75) is 59.3 Å². The van der Waals surface area contributed by atoms with Crippen molar-refractivity contribution in [2.24, 2.45) is 4.99 Å². The number of benzene rings is 1. The zero-order chi connectivity index (χ0) is 20.8. The number of anilines is 1. The summed E-state index contributed by atoms with van der Waals surface area (Å²) in [7, 11) is 0. The van der Waals surface area contributed by atoms with Crippen molar-refractivity contribution in [1.82, 2.24) is 4.90 Å². The van der Waals surface area contributed by atoms with Crippen molar-refractivity contribution in [3.8, 4) is 0 Å². The van der Waals surface area contributed by atoms with Gasteiger partial charge in [-0.05, 0) is 65.5 Å². The first-order valence-electron chi connectivity index (χ1n) is 8.51. The van der Waals surface area contributed by atoms with Gasteiger partial charge in [0.15, 0.2) is 5.17 Å². The van der Waals surface area contributed by atoms with Crippen LogP contribution in [0.4, 0.5) is 15.3 Å². The molecule has 7 nitrogen and oxygen atoms in total. The second-order valence-corrected chi connectivity index (χ2v) is 8.66. The van der Waals surface area contributed by atoms with Crippen LogP contribution in [-0.2, 0) is 16.0 Å². The number of carbonyl (C=O) groups is 2. The predicted molar refractivity (Wildman–Crippen MR) is 110 cm³/mol. The lowest BCUT2D eigenvalue weighted by molar-refractivity contribution is 0.0363. The summed E-state index contributed by atoms with van der Waals surface area (Å²) in [4.78, 5) is 30.1. The van der Waals surface area contributed by atoms with Gasteiger partial charge in [0.25, 0.3) is 0 Å². The van der Waals surface area contributed by atoms with Gasteiger partial charge in [-0.3, -0.25) is 4.90 Å². The Bertz CT molecular complexity index is 688. The number of nitrogens with zero attached hydrogens (tertiary/aromatic N) is 2. The summed E-state index contributed by atoms with van der Waals surface area (Å²) in [5.41, 5.74) is 5.79. The molecule has 1 aromatic rings. The number of hydrogen-bond acceptors (Lipinski definition) is 6. The van der Waals surface area contributed by atoms with E-state index in [0.717, 1.165) is 17.3 Å². The van der Waals surface area contributed by atoms with Crippen LogP contribution < -0.4 is 5.73 Å². The number of amides is 2. The number of nitrogens with two attached hydrogens (primary N) is 1. The fourth-order valence-electron chi connectivity index (χ4n) is 1.91. The molecule has 0 atom stereocenters. The van der Waals surface area contributed by atoms with Crippen molar-refractivity contribution < 1.29 is 19.1 Å². The Hall–Kier alpha value is -2.22. The Morgan fingerprint density at radius 3 is 2.00 bits per heavy atom. The van der Waals surface area contributed by atoms with Crippen LogP contribution in [0, 0.1) is 0 Å². The first kappa shape index (κ1) is 22.8. The first-order chi connectivity index (χ1) is 12.3. The molecule has 0 aliphatic heterocycles. The topological polar surface area (TPSA) is 94.2 Å². The van der Waals surface area contributed by atoms with E-state index in [2.05, 4.69) is 4.99 Å². The minimum Gasteiger partial charge on any atom is -0.443 e. The average Bonchev–Trinajstić information content (AvgIpc) is 2.49. The molecule has 8 heteroatoms. The highest BCUT2D eigenvalue weighted by Gasteiger charge is 2.27. The molecule has 1 rings (SSSR count). The molecule has 0 aliphatic rings. The van der Waals surface area contributed by atoms with E-state index in [1.165, 1.54) is 4.90 Å². The van der Waals surface area contributed by atoms with Crippen LogP contribution in [0.1, 0.15) is 47.1 Å². The van der Waals surface area contributed by atoms with E-state index in [0.29, 0.717) is 5.69 Å². The quantitative estimate of drug-likeness (QED) is 0.445. The lowest BCUT2D eigenvalue weighted by atomic mass is 10.2. The number of amidine groups is 1. The number of ether oxygens (including phenoxy) is 2. The van der Waals surface area contributed by atoms with E-state index in [4.69, 9.17) is 15.2 Å². The van der Waals surface area contributed by atoms with Gasteiger partial charge >= 0.3 is 12.2 Å². The normalized spacial score (nSPS) is 12.5. The van der Waals surface area contributed by atoms with E-state index >= 15 is 0 Å². The summed E-state index contributed by atoms with van der Waals surface area (Å²) >= 11 is 1.16. The summed E-state index contributed by atoms with van der Waals surface area (Å²) in [6, 6.07) is 7.09. The van der Waals surface area contributed by atoms with E-state index in [-0.39, 0.29) is 11.7 Å². The van der Waals surface area contributed by atoms with E-state index < -0.39 is 23.4 Å². The number of aliphatic imine (C=N–C) groups is 1. The van der Waals surface area contributed by atoms with Crippen molar-refractivity contribution in [3.05, 3.63) is 29.8 Å². The number of hydrogen-bond donors (Lipinski definition) is 1. The average molecular weight is 396 g/mol. The molecule has 1 aromatic carbocycles. The van der Waals surface area contributed by atoms with Crippen molar-refractivity contribution >= 4 is 34.8 Å². The van der Waals surface area contributed by atoms with Gasteiger partial charge in [-0.1, -0.05) is 23.9 Å². The van der Waals surface area contributed by atoms with Crippen LogP contribution in [0.3, 0.4) is 0 Å². The summed E-state index contributed by atoms with van der Waals surface area (Å²) < 4.78 is 10.7. The maximum Gasteiger partial charge on any atom is 0.436 e. The lowest BCUT2D eigenvalue weighted by Crippen LogP contribution is -2.39. The standard InChI is InChI=1S/C19H29N3O4S/c1-18(2,3)25-16(23)21-15(27-7)22(17(24)26-19(4,5)6)12-13-8-10-14(20)11-9-13/h8-11H,12,20H2,1-7H3/b21-15-. The molecule has 0 radical (unpaired) electrons. The Morgan fingerprint density at radius 2 is 1.56 bits per heavy atom. The van der Waals surface area contributed by atoms with Crippen molar-refractivity contribution in [2.75, 3.05) is 12.0 Å². The Labute approximate surface area is 165 Å². The minimum atomic E-state index is -0.766. The molecule has 0 unspecified atom stereocenters. The predicted octanol–water partition coefficient (Wildman–Crippen LogP) is 4.66. The van der Waals surface area contributed by atoms with Crippen molar-refractivity contribution in [3.63, 3.8) is 0 Å². The largest absolute Gasteiger partial charge is 0.443 e. The zero-order valence-corrected chi connectivity index (χ0v) is 17.8. The number of nitrogen functional groups attached to an aromatic ring is 1. The van der Waals surface area contributed by atoms with Crippen LogP contribution in [0.2, 0.25) is 0 Å². The molecule has 0 saturated heterocycles. The maximum atomic E-state index is 12.7. The van der Waals surface area contributed by atoms with Gasteiger partial charge in [0, 0.05) is 5.69 Å². The maximum absolute atomic E-state index is 12.7. The van der Waals surface area contributed by atoms with Gasteiger partial charge in [0.1, 0.15) is 11.2 Å². The molecule has 0 heterocycles. The van der Waals surface area contributed by atoms with Gasteiger partial charge in [-0.2, -0.15) is 4.99 Å². The third kappa shape index (κ3) is 8.81. The van der Waals surface area contributed by atoms with Gasteiger partial charge < -0.3 is 15.2 Å². The van der Waals surface area contributed by atoms with Gasteiger partial charge in [0.05, 0.1) is 6.54 Å². The fraction of sp³-hybridized carbons (Fsp3) is 0.526. The monoisotopic (exact) mass is 395 g/mol. The summed E-state index contributed by atoms with van der Waals surface area (Å²) in [6.45, 7) is 10.7. The molecule has 2 amide bonds. The Morgan fingerprint density at radius 1 is 1.04 bits per heavy atom. The number of thioether (sulfide) groups is 1. The summed E-state index contributed by atoms with van der Waals surface area (Å²) in [5.74, 6) is 0. The summed E-state index contributed by atoms with van der Waals surface area (Å²) in [6.07, 6.45) is 0.359. The summed E-state index contributed by atoms with van der Waals surface area (Å²) in [5, 5.41) is 0.190. The van der Waals surface area contributed by atoms with Gasteiger partial charge in [-0.25, -0.2) is 9.59 Å². The smallest absolute Gasteiger partial charge is 0.436 e. The van der Waals surface area contributed by atoms with E-state index in [9.17, 15) is 9.59 Å². The Kier molecular flexibility index (Phi) is 7.71. The second-order valence-electron chi connectivity index (χ2n) is 7.89. The molecule has 0 fully saturated rings. The zero-order valence-electron chi connectivity index (χ0n) is 17.0. The Balaban J connectivity index is 3.17. The number of carbonyl (C=O) groups excluding carboxylic acids is 2. The first-order valence-corrected chi connectivity index (χ1v) is 9.74. The van der Waals surface area contributed by atoms with E-state index in [1.807, 2.05) is 0 Å². The molecule has 150 valence electrons. The highest BCUT2D eigenvalue weighted by Crippen LogP contribution is 2.19.